The highest BCUT2D eigenvalue weighted by Gasteiger charge is 2.55. The zero-order chi connectivity index (χ0) is 14.6. The Morgan fingerprint density at radius 2 is 1.68 bits per heavy atom. The molecule has 3 atom stereocenters. The summed E-state index contributed by atoms with van der Waals surface area (Å²) in [5.74, 6) is -4.26. The van der Waals surface area contributed by atoms with Crippen LogP contribution in [0.25, 0.3) is 0 Å². The topological polar surface area (TPSA) is 78.9 Å². The Hall–Kier alpha value is -1.59. The Bertz CT molecular complexity index is 362. The number of carbonyl (C=O) groups is 3. The van der Waals surface area contributed by atoms with Gasteiger partial charge in [-0.05, 0) is 19.8 Å². The van der Waals surface area contributed by atoms with Gasteiger partial charge in [0.15, 0.2) is 5.92 Å². The number of rotatable bonds is 5. The average Bonchev–Trinajstić information content (AvgIpc) is 2.67. The van der Waals surface area contributed by atoms with Gasteiger partial charge in [0.25, 0.3) is 0 Å². The van der Waals surface area contributed by atoms with Gasteiger partial charge in [-0.1, -0.05) is 13.8 Å². The lowest BCUT2D eigenvalue weighted by Gasteiger charge is -2.21. The predicted octanol–water partition coefficient (Wildman–Crippen LogP) is 0.926. The summed E-state index contributed by atoms with van der Waals surface area (Å²) in [6.45, 7) is 7.26. The van der Waals surface area contributed by atoms with Crippen molar-refractivity contribution in [1.29, 1.82) is 0 Å². The molecule has 0 saturated carbocycles. The van der Waals surface area contributed by atoms with Crippen molar-refractivity contribution in [2.75, 3.05) is 13.2 Å². The lowest BCUT2D eigenvalue weighted by Crippen LogP contribution is -2.38. The Morgan fingerprint density at radius 1 is 1.16 bits per heavy atom. The molecule has 108 valence electrons. The van der Waals surface area contributed by atoms with Crippen molar-refractivity contribution in [3.63, 3.8) is 0 Å². The molecule has 1 rings (SSSR count). The van der Waals surface area contributed by atoms with Gasteiger partial charge in [0.2, 0.25) is 0 Å². The van der Waals surface area contributed by atoms with E-state index in [1.54, 1.807) is 13.8 Å². The van der Waals surface area contributed by atoms with E-state index in [2.05, 4.69) is 0 Å². The molecule has 19 heavy (non-hydrogen) atoms. The molecule has 1 saturated heterocycles. The molecule has 6 heteroatoms. The molecule has 0 aromatic carbocycles. The van der Waals surface area contributed by atoms with Gasteiger partial charge in [0.1, 0.15) is 12.0 Å². The normalized spacial score (nSPS) is 26.2. The van der Waals surface area contributed by atoms with Crippen LogP contribution in [0.1, 0.15) is 27.7 Å². The van der Waals surface area contributed by atoms with Crippen molar-refractivity contribution in [2.45, 2.75) is 33.8 Å². The number of hydrogen-bond acceptors (Lipinski definition) is 6. The van der Waals surface area contributed by atoms with Crippen molar-refractivity contribution in [3.8, 4) is 0 Å². The Kier molecular flexibility index (Phi) is 5.32. The molecule has 0 bridgehead atoms. The van der Waals surface area contributed by atoms with Gasteiger partial charge >= 0.3 is 17.9 Å². The second-order valence-corrected chi connectivity index (χ2v) is 4.65. The molecule has 1 heterocycles. The summed E-state index contributed by atoms with van der Waals surface area (Å²) < 4.78 is 14.9. The maximum atomic E-state index is 12.0. The van der Waals surface area contributed by atoms with E-state index in [1.807, 2.05) is 13.8 Å². The van der Waals surface area contributed by atoms with Crippen LogP contribution in [0.2, 0.25) is 0 Å². The van der Waals surface area contributed by atoms with Gasteiger partial charge in [-0.2, -0.15) is 0 Å². The largest absolute Gasteiger partial charge is 0.466 e. The first-order chi connectivity index (χ1) is 8.93. The summed E-state index contributed by atoms with van der Waals surface area (Å²) >= 11 is 0. The molecule has 0 N–H and O–H groups in total. The Balaban J connectivity index is 3.00. The molecular weight excluding hydrogens is 252 g/mol. The molecule has 0 aromatic rings. The molecule has 0 radical (unpaired) electrons. The highest BCUT2D eigenvalue weighted by molar-refractivity contribution is 6.01. The summed E-state index contributed by atoms with van der Waals surface area (Å²) in [5.41, 5.74) is 0. The minimum Gasteiger partial charge on any atom is -0.466 e. The summed E-state index contributed by atoms with van der Waals surface area (Å²) in [6, 6.07) is 0. The van der Waals surface area contributed by atoms with E-state index in [1.165, 1.54) is 0 Å². The molecular formula is C13H20O6. The first-order valence-electron chi connectivity index (χ1n) is 6.47. The minimum atomic E-state index is -1.22. The summed E-state index contributed by atoms with van der Waals surface area (Å²) in [6.07, 6.45) is -0.652. The van der Waals surface area contributed by atoms with Crippen LogP contribution in [0.5, 0.6) is 0 Å². The number of cyclic esters (lactones) is 1. The Morgan fingerprint density at radius 3 is 2.16 bits per heavy atom. The maximum Gasteiger partial charge on any atom is 0.321 e. The number of ether oxygens (including phenoxy) is 3. The third kappa shape index (κ3) is 3.24. The number of hydrogen-bond donors (Lipinski definition) is 0. The third-order valence-electron chi connectivity index (χ3n) is 2.98. The monoisotopic (exact) mass is 272 g/mol. The number of esters is 3. The third-order valence-corrected chi connectivity index (χ3v) is 2.98. The van der Waals surface area contributed by atoms with E-state index < -0.39 is 35.8 Å². The zero-order valence-electron chi connectivity index (χ0n) is 11.7. The first-order valence-corrected chi connectivity index (χ1v) is 6.47. The van der Waals surface area contributed by atoms with E-state index in [0.29, 0.717) is 0 Å². The zero-order valence-corrected chi connectivity index (χ0v) is 11.7. The molecule has 0 unspecified atom stereocenters. The highest BCUT2D eigenvalue weighted by atomic mass is 16.6. The van der Waals surface area contributed by atoms with Crippen molar-refractivity contribution in [3.05, 3.63) is 0 Å². The van der Waals surface area contributed by atoms with E-state index in [4.69, 9.17) is 14.2 Å². The summed E-state index contributed by atoms with van der Waals surface area (Å²) in [4.78, 5) is 35.6. The summed E-state index contributed by atoms with van der Waals surface area (Å²) in [5, 5.41) is 0. The molecule has 0 aliphatic carbocycles. The second-order valence-electron chi connectivity index (χ2n) is 4.65. The van der Waals surface area contributed by atoms with E-state index >= 15 is 0 Å². The molecule has 0 spiro atoms. The average molecular weight is 272 g/mol. The minimum absolute atomic E-state index is 0.0854. The number of carbonyl (C=O) groups excluding carboxylic acids is 3. The van der Waals surface area contributed by atoms with Gasteiger partial charge in [0, 0.05) is 0 Å². The van der Waals surface area contributed by atoms with Crippen LogP contribution in [0, 0.1) is 17.8 Å². The predicted molar refractivity (Wildman–Crippen MR) is 65.0 cm³/mol. The van der Waals surface area contributed by atoms with Crippen LogP contribution in [-0.2, 0) is 28.6 Å². The lowest BCUT2D eigenvalue weighted by molar-refractivity contribution is -0.161. The smallest absolute Gasteiger partial charge is 0.321 e. The fourth-order valence-corrected chi connectivity index (χ4v) is 2.15. The lowest BCUT2D eigenvalue weighted by atomic mass is 9.85. The van der Waals surface area contributed by atoms with Gasteiger partial charge in [-0.25, -0.2) is 0 Å². The van der Waals surface area contributed by atoms with Crippen molar-refractivity contribution >= 4 is 17.9 Å². The molecule has 6 nitrogen and oxygen atoms in total. The van der Waals surface area contributed by atoms with Gasteiger partial charge in [-0.3, -0.25) is 14.4 Å². The molecule has 1 aliphatic rings. The van der Waals surface area contributed by atoms with E-state index in [0.717, 1.165) is 0 Å². The van der Waals surface area contributed by atoms with Crippen molar-refractivity contribution < 1.29 is 28.6 Å². The molecule has 1 fully saturated rings. The fourth-order valence-electron chi connectivity index (χ4n) is 2.15. The highest BCUT2D eigenvalue weighted by Crippen LogP contribution is 2.34. The molecule has 0 amide bonds. The van der Waals surface area contributed by atoms with Gasteiger partial charge < -0.3 is 14.2 Å². The SMILES string of the molecule is CCOC(=O)[C@@H]1C(=O)O[C@H](C(C)C)[C@@H]1C(=O)OCC. The maximum absolute atomic E-state index is 12.0. The first kappa shape index (κ1) is 15.5. The quantitative estimate of drug-likeness (QED) is 0.421. The van der Waals surface area contributed by atoms with Crippen LogP contribution < -0.4 is 0 Å². The van der Waals surface area contributed by atoms with Crippen molar-refractivity contribution in [2.24, 2.45) is 17.8 Å². The van der Waals surface area contributed by atoms with E-state index in [-0.39, 0.29) is 19.1 Å². The van der Waals surface area contributed by atoms with Gasteiger partial charge in [-0.15, -0.1) is 0 Å². The Labute approximate surface area is 112 Å². The van der Waals surface area contributed by atoms with Crippen LogP contribution in [-0.4, -0.2) is 37.2 Å². The van der Waals surface area contributed by atoms with Gasteiger partial charge in [0.05, 0.1) is 13.2 Å². The van der Waals surface area contributed by atoms with Crippen LogP contribution >= 0.6 is 0 Å². The van der Waals surface area contributed by atoms with Crippen molar-refractivity contribution in [1.82, 2.24) is 0 Å². The second kappa shape index (κ2) is 6.54. The van der Waals surface area contributed by atoms with Crippen LogP contribution in [0.4, 0.5) is 0 Å². The van der Waals surface area contributed by atoms with Crippen LogP contribution in [0.15, 0.2) is 0 Å². The standard InChI is InChI=1S/C13H20O6/c1-5-17-11(14)8-9(12(15)18-6-2)13(16)19-10(8)7(3)4/h7-10H,5-6H2,1-4H3/t8-,9-,10-/m1/s1. The summed E-state index contributed by atoms with van der Waals surface area (Å²) in [7, 11) is 0. The molecule has 0 aromatic heterocycles. The van der Waals surface area contributed by atoms with E-state index in [9.17, 15) is 14.4 Å². The molecule has 1 aliphatic heterocycles. The fraction of sp³-hybridized carbons (Fsp3) is 0.769. The van der Waals surface area contributed by atoms with Crippen LogP contribution in [0.3, 0.4) is 0 Å².